The highest BCUT2D eigenvalue weighted by Gasteiger charge is 2.28. The molecule has 0 bridgehead atoms. The summed E-state index contributed by atoms with van der Waals surface area (Å²) in [6.07, 6.45) is 45.2. The lowest BCUT2D eigenvalue weighted by Crippen LogP contribution is -2.29. The van der Waals surface area contributed by atoms with Crippen LogP contribution >= 0.6 is 15.6 Å². The fourth-order valence-corrected chi connectivity index (χ4v) is 7.56. The van der Waals surface area contributed by atoms with Crippen molar-refractivity contribution >= 4 is 27.6 Å². The van der Waals surface area contributed by atoms with E-state index in [0.29, 0.717) is 25.7 Å². The van der Waals surface area contributed by atoms with Crippen molar-refractivity contribution in [2.24, 2.45) is 5.92 Å². The molecule has 14 nitrogen and oxygen atoms in total. The molecule has 0 fully saturated rings. The van der Waals surface area contributed by atoms with Crippen molar-refractivity contribution in [2.75, 3.05) is 26.4 Å². The molecule has 382 valence electrons. The van der Waals surface area contributed by atoms with Gasteiger partial charge in [0.2, 0.25) is 0 Å². The lowest BCUT2D eigenvalue weighted by atomic mass is 10.0. The Morgan fingerprint density at radius 2 is 1.05 bits per heavy atom. The van der Waals surface area contributed by atoms with Gasteiger partial charge in [-0.1, -0.05) is 196 Å². The SMILES string of the molecule is CC/C=C\CC(O)/C=C/C=C/C/C=C\C/C=C\C/C=C\CCC(=O)OC[C@H](COP(=O)(O)OC[C@@H](O)COP(=O)(O)O)OC(=O)CCCCCCCCCCCCCCCCCCC(C)C. The van der Waals surface area contributed by atoms with E-state index < -0.39 is 72.3 Å². The number of esters is 2. The number of hydrogen-bond donors (Lipinski definition) is 5. The van der Waals surface area contributed by atoms with Crippen molar-refractivity contribution in [3.05, 3.63) is 72.9 Å². The van der Waals surface area contributed by atoms with Gasteiger partial charge in [-0.05, 0) is 50.9 Å². The van der Waals surface area contributed by atoms with Crippen LogP contribution in [0.2, 0.25) is 0 Å². The molecule has 0 heterocycles. The van der Waals surface area contributed by atoms with E-state index in [1.54, 1.807) is 6.08 Å². The molecular formula is C50H88O14P2. The van der Waals surface area contributed by atoms with Gasteiger partial charge >= 0.3 is 27.6 Å². The van der Waals surface area contributed by atoms with Gasteiger partial charge in [0.1, 0.15) is 12.7 Å². The Balaban J connectivity index is 4.57. The van der Waals surface area contributed by atoms with Crippen molar-refractivity contribution in [1.82, 2.24) is 0 Å². The van der Waals surface area contributed by atoms with Crippen LogP contribution < -0.4 is 0 Å². The summed E-state index contributed by atoms with van der Waals surface area (Å²) in [6.45, 7) is 3.82. The van der Waals surface area contributed by atoms with E-state index in [4.69, 9.17) is 23.8 Å². The Kier molecular flexibility index (Phi) is 42.1. The van der Waals surface area contributed by atoms with Crippen LogP contribution in [0, 0.1) is 5.92 Å². The molecule has 5 N–H and O–H groups in total. The minimum Gasteiger partial charge on any atom is -0.462 e. The molecule has 0 aliphatic rings. The fourth-order valence-electron chi connectivity index (χ4n) is 6.41. The smallest absolute Gasteiger partial charge is 0.462 e. The number of allylic oxidation sites excluding steroid dienone is 10. The summed E-state index contributed by atoms with van der Waals surface area (Å²) >= 11 is 0. The van der Waals surface area contributed by atoms with Crippen LogP contribution in [-0.4, -0.2) is 81.6 Å². The van der Waals surface area contributed by atoms with Crippen LogP contribution in [0.3, 0.4) is 0 Å². The molecule has 0 rings (SSSR count). The molecule has 0 spiro atoms. The van der Waals surface area contributed by atoms with Gasteiger partial charge in [-0.15, -0.1) is 0 Å². The zero-order chi connectivity index (χ0) is 49.0. The monoisotopic (exact) mass is 975 g/mol. The fraction of sp³-hybridized carbons (Fsp3) is 0.720. The third-order valence-corrected chi connectivity index (χ3v) is 11.6. The molecule has 0 amide bonds. The van der Waals surface area contributed by atoms with Gasteiger partial charge in [0.15, 0.2) is 6.10 Å². The van der Waals surface area contributed by atoms with Gasteiger partial charge in [-0.25, -0.2) is 9.13 Å². The number of aliphatic hydroxyl groups excluding tert-OH is 2. The Hall–Kier alpha value is -2.48. The van der Waals surface area contributed by atoms with Crippen LogP contribution in [0.15, 0.2) is 72.9 Å². The van der Waals surface area contributed by atoms with Gasteiger partial charge in [0.25, 0.3) is 0 Å². The quantitative estimate of drug-likeness (QED) is 0.0126. The highest BCUT2D eigenvalue weighted by Crippen LogP contribution is 2.43. The van der Waals surface area contributed by atoms with E-state index in [1.807, 2.05) is 54.7 Å². The number of phosphoric ester groups is 2. The van der Waals surface area contributed by atoms with Crippen LogP contribution in [0.5, 0.6) is 0 Å². The molecular weight excluding hydrogens is 886 g/mol. The van der Waals surface area contributed by atoms with E-state index >= 15 is 0 Å². The van der Waals surface area contributed by atoms with E-state index in [0.717, 1.165) is 50.9 Å². The summed E-state index contributed by atoms with van der Waals surface area (Å²) in [5.41, 5.74) is 0. The Morgan fingerprint density at radius 3 is 1.59 bits per heavy atom. The minimum atomic E-state index is -4.88. The predicted octanol–water partition coefficient (Wildman–Crippen LogP) is 12.2. The summed E-state index contributed by atoms with van der Waals surface area (Å²) in [7, 11) is -9.72. The van der Waals surface area contributed by atoms with E-state index in [2.05, 4.69) is 42.0 Å². The van der Waals surface area contributed by atoms with E-state index in [9.17, 15) is 33.8 Å². The average Bonchev–Trinajstić information content (AvgIpc) is 3.26. The van der Waals surface area contributed by atoms with Gasteiger partial charge in [-0.3, -0.25) is 23.2 Å². The van der Waals surface area contributed by atoms with Gasteiger partial charge in [0, 0.05) is 12.8 Å². The summed E-state index contributed by atoms with van der Waals surface area (Å²) in [6, 6.07) is 0. The van der Waals surface area contributed by atoms with E-state index in [-0.39, 0.29) is 12.8 Å². The number of hydrogen-bond acceptors (Lipinski definition) is 11. The van der Waals surface area contributed by atoms with Crippen LogP contribution in [0.25, 0.3) is 0 Å². The number of aliphatic hydroxyl groups is 2. The third kappa shape index (κ3) is 48.0. The normalized spacial score (nSPS) is 15.0. The number of ether oxygens (including phenoxy) is 2. The lowest BCUT2D eigenvalue weighted by molar-refractivity contribution is -0.161. The number of rotatable bonds is 45. The second-order valence-corrected chi connectivity index (χ2v) is 19.7. The van der Waals surface area contributed by atoms with Crippen molar-refractivity contribution in [1.29, 1.82) is 0 Å². The maximum absolute atomic E-state index is 12.7. The topological polar surface area (TPSA) is 216 Å². The third-order valence-electron chi connectivity index (χ3n) is 10.1. The molecule has 0 aromatic carbocycles. The van der Waals surface area contributed by atoms with Gasteiger partial charge in [-0.2, -0.15) is 0 Å². The molecule has 2 unspecified atom stereocenters. The highest BCUT2D eigenvalue weighted by atomic mass is 31.2. The second-order valence-electron chi connectivity index (χ2n) is 17.0. The molecule has 66 heavy (non-hydrogen) atoms. The molecule has 16 heteroatoms. The molecule has 0 aromatic heterocycles. The maximum Gasteiger partial charge on any atom is 0.472 e. The number of unbranched alkanes of at least 4 members (excludes halogenated alkanes) is 15. The molecule has 0 aliphatic heterocycles. The molecule has 0 saturated heterocycles. The van der Waals surface area contributed by atoms with Crippen molar-refractivity contribution in [3.63, 3.8) is 0 Å². The molecule has 0 aromatic rings. The average molecular weight is 975 g/mol. The van der Waals surface area contributed by atoms with Gasteiger partial charge in [0.05, 0.1) is 25.9 Å². The summed E-state index contributed by atoms with van der Waals surface area (Å²) in [4.78, 5) is 52.8. The van der Waals surface area contributed by atoms with Gasteiger partial charge < -0.3 is 34.4 Å². The summed E-state index contributed by atoms with van der Waals surface area (Å²) in [5.74, 6) is -0.334. The number of carbonyl (C=O) groups is 2. The number of carbonyl (C=O) groups excluding carboxylic acids is 2. The van der Waals surface area contributed by atoms with Crippen LogP contribution in [0.1, 0.15) is 181 Å². The zero-order valence-corrected chi connectivity index (χ0v) is 42.3. The Morgan fingerprint density at radius 1 is 0.545 bits per heavy atom. The predicted molar refractivity (Wildman–Crippen MR) is 263 cm³/mol. The minimum absolute atomic E-state index is 0.0527. The Labute approximate surface area is 397 Å². The largest absolute Gasteiger partial charge is 0.472 e. The molecule has 4 atom stereocenters. The molecule has 0 aliphatic carbocycles. The summed E-state index contributed by atoms with van der Waals surface area (Å²) < 4.78 is 47.8. The molecule has 0 saturated carbocycles. The van der Waals surface area contributed by atoms with E-state index in [1.165, 1.54) is 77.0 Å². The summed E-state index contributed by atoms with van der Waals surface area (Å²) in [5, 5.41) is 19.6. The first-order valence-corrected chi connectivity index (χ1v) is 27.6. The zero-order valence-electron chi connectivity index (χ0n) is 40.5. The highest BCUT2D eigenvalue weighted by molar-refractivity contribution is 7.47. The van der Waals surface area contributed by atoms with Crippen molar-refractivity contribution < 1.29 is 66.7 Å². The van der Waals surface area contributed by atoms with Crippen molar-refractivity contribution in [2.45, 2.75) is 200 Å². The van der Waals surface area contributed by atoms with Crippen LogP contribution in [0.4, 0.5) is 0 Å². The first-order valence-electron chi connectivity index (χ1n) is 24.6. The first kappa shape index (κ1) is 63.5. The standard InChI is InChI=1S/C50H88O14P2/c1-4-5-31-37-46(51)38-33-28-24-20-16-12-10-14-17-21-25-29-34-39-49(53)60-43-48(44-63-66(58,59)62-42-47(52)41-61-65(55,56)57)64-50(54)40-35-30-26-22-18-13-9-7-6-8-11-15-19-23-27-32-36-45(2)3/h5,12,14,16-17,24-25,28-29,31,33,38,45-48,51-52H,4,6-11,13,15,18-23,26-27,30,32,34-37,39-44H2,1-3H3,(H,58,59)(H2,55,56,57)/b16-12-,17-14-,28-24+,29-25-,31-5-,38-33+/t46?,47-,48+/m0/s1. The van der Waals surface area contributed by atoms with Crippen molar-refractivity contribution in [3.8, 4) is 0 Å². The van der Waals surface area contributed by atoms with Crippen LogP contribution in [-0.2, 0) is 41.8 Å². The number of phosphoric acid groups is 2. The molecule has 0 radical (unpaired) electrons. The Bertz CT molecular complexity index is 1470. The lowest BCUT2D eigenvalue weighted by Gasteiger charge is -2.20. The maximum atomic E-state index is 12.7. The first-order chi connectivity index (χ1) is 31.6. The second kappa shape index (κ2) is 43.8.